The fraction of sp³-hybridized carbons (Fsp3) is 0.529. The molecule has 0 saturated carbocycles. The van der Waals surface area contributed by atoms with Crippen LogP contribution in [0.2, 0.25) is 0 Å². The van der Waals surface area contributed by atoms with E-state index < -0.39 is 0 Å². The van der Waals surface area contributed by atoms with Gasteiger partial charge in [0.15, 0.2) is 0 Å². The molecule has 1 aromatic heterocycles. The maximum Gasteiger partial charge on any atom is 0.240 e. The summed E-state index contributed by atoms with van der Waals surface area (Å²) in [6.45, 7) is 6.69. The van der Waals surface area contributed by atoms with E-state index >= 15 is 0 Å². The van der Waals surface area contributed by atoms with E-state index in [1.807, 2.05) is 24.3 Å². The Hall–Kier alpha value is -1.84. The second-order valence-electron chi connectivity index (χ2n) is 5.43. The van der Waals surface area contributed by atoms with Crippen LogP contribution in [0.1, 0.15) is 45.9 Å². The minimum Gasteiger partial charge on any atom is -0.352 e. The molecule has 0 aliphatic rings. The van der Waals surface area contributed by atoms with Crippen LogP contribution in [0, 0.1) is 0 Å². The zero-order chi connectivity index (χ0) is 15.2. The number of carbonyl (C=O) groups is 1. The van der Waals surface area contributed by atoms with Gasteiger partial charge in [0.1, 0.15) is 12.4 Å². The van der Waals surface area contributed by atoms with E-state index in [1.54, 1.807) is 0 Å². The number of para-hydroxylation sites is 2. The van der Waals surface area contributed by atoms with Crippen LogP contribution < -0.4 is 5.32 Å². The average molecular weight is 287 g/mol. The molecule has 0 radical (unpaired) electrons. The summed E-state index contributed by atoms with van der Waals surface area (Å²) in [5.74, 6) is 1.07. The summed E-state index contributed by atoms with van der Waals surface area (Å²) < 4.78 is 2.05. The molecule has 4 nitrogen and oxygen atoms in total. The normalized spacial score (nSPS) is 11.2. The van der Waals surface area contributed by atoms with Gasteiger partial charge in [0.25, 0.3) is 0 Å². The zero-order valence-electron chi connectivity index (χ0n) is 13.2. The molecule has 4 heteroatoms. The summed E-state index contributed by atoms with van der Waals surface area (Å²) in [5.41, 5.74) is 2.01. The van der Waals surface area contributed by atoms with Crippen LogP contribution in [0.4, 0.5) is 0 Å². The third kappa shape index (κ3) is 3.63. The fourth-order valence-electron chi connectivity index (χ4n) is 2.63. The predicted octanol–water partition coefficient (Wildman–Crippen LogP) is 3.29. The number of benzene rings is 1. The number of aromatic nitrogens is 2. The first-order chi connectivity index (χ1) is 10.2. The van der Waals surface area contributed by atoms with Gasteiger partial charge in [-0.15, -0.1) is 0 Å². The minimum atomic E-state index is 0.0733. The number of amides is 1. The van der Waals surface area contributed by atoms with Gasteiger partial charge < -0.3 is 9.88 Å². The van der Waals surface area contributed by atoms with Crippen LogP contribution in [-0.4, -0.2) is 21.5 Å². The predicted molar refractivity (Wildman–Crippen MR) is 86.2 cm³/mol. The van der Waals surface area contributed by atoms with Crippen LogP contribution in [0.15, 0.2) is 24.3 Å². The summed E-state index contributed by atoms with van der Waals surface area (Å²) in [5, 5.41) is 3.10. The molecule has 2 aromatic rings. The second-order valence-corrected chi connectivity index (χ2v) is 5.43. The Balaban J connectivity index is 2.23. The molecule has 1 N–H and O–H groups in total. The van der Waals surface area contributed by atoms with Gasteiger partial charge in [0.2, 0.25) is 5.91 Å². The summed E-state index contributed by atoms with van der Waals surface area (Å²) in [7, 11) is 0. The Kier molecular flexibility index (Phi) is 5.37. The van der Waals surface area contributed by atoms with Gasteiger partial charge in [0.05, 0.1) is 11.0 Å². The van der Waals surface area contributed by atoms with Gasteiger partial charge in [-0.05, 0) is 31.4 Å². The maximum atomic E-state index is 12.3. The first kappa shape index (κ1) is 15.5. The number of hydrogen-bond donors (Lipinski definition) is 1. The fourth-order valence-corrected chi connectivity index (χ4v) is 2.63. The summed E-state index contributed by atoms with van der Waals surface area (Å²) in [6, 6.07) is 8.28. The van der Waals surface area contributed by atoms with Gasteiger partial charge in [0, 0.05) is 12.5 Å². The molecule has 0 unspecified atom stereocenters. The van der Waals surface area contributed by atoms with Gasteiger partial charge in [-0.1, -0.05) is 32.9 Å². The topological polar surface area (TPSA) is 46.9 Å². The minimum absolute atomic E-state index is 0.0733. The molecule has 0 atom stereocenters. The number of hydrogen-bond acceptors (Lipinski definition) is 2. The molecule has 1 aromatic carbocycles. The highest BCUT2D eigenvalue weighted by atomic mass is 16.2. The average Bonchev–Trinajstić information content (AvgIpc) is 2.83. The van der Waals surface area contributed by atoms with E-state index in [0.29, 0.717) is 6.54 Å². The summed E-state index contributed by atoms with van der Waals surface area (Å²) in [4.78, 5) is 16.9. The Labute approximate surface area is 126 Å². The van der Waals surface area contributed by atoms with Gasteiger partial charge in [-0.3, -0.25) is 4.79 Å². The van der Waals surface area contributed by atoms with Crippen LogP contribution in [0.5, 0.6) is 0 Å². The first-order valence-corrected chi connectivity index (χ1v) is 7.93. The highest BCUT2D eigenvalue weighted by Gasteiger charge is 2.14. The number of nitrogens with zero attached hydrogens (tertiary/aromatic N) is 2. The van der Waals surface area contributed by atoms with E-state index in [0.717, 1.165) is 42.5 Å². The monoisotopic (exact) mass is 287 g/mol. The lowest BCUT2D eigenvalue weighted by atomic mass is 10.2. The maximum absolute atomic E-state index is 12.3. The van der Waals surface area contributed by atoms with Crippen LogP contribution in [0.3, 0.4) is 0 Å². The number of nitrogens with one attached hydrogen (secondary N) is 1. The lowest BCUT2D eigenvalue weighted by molar-refractivity contribution is -0.122. The van der Waals surface area contributed by atoms with Crippen molar-refractivity contribution in [2.45, 2.75) is 59.0 Å². The Morgan fingerprint density at radius 3 is 2.62 bits per heavy atom. The second kappa shape index (κ2) is 7.25. The largest absolute Gasteiger partial charge is 0.352 e. The molecular formula is C17H25N3O. The van der Waals surface area contributed by atoms with E-state index in [9.17, 15) is 4.79 Å². The Morgan fingerprint density at radius 2 is 1.95 bits per heavy atom. The van der Waals surface area contributed by atoms with Crippen molar-refractivity contribution in [1.82, 2.24) is 14.9 Å². The molecule has 0 saturated heterocycles. The van der Waals surface area contributed by atoms with Crippen LogP contribution >= 0.6 is 0 Å². The number of fused-ring (bicyclic) bond motifs is 1. The molecule has 1 heterocycles. The van der Waals surface area contributed by atoms with Crippen molar-refractivity contribution >= 4 is 16.9 Å². The highest BCUT2D eigenvalue weighted by Crippen LogP contribution is 2.17. The van der Waals surface area contributed by atoms with Gasteiger partial charge in [-0.2, -0.15) is 0 Å². The SMILES string of the molecule is CCCc1nc2ccccc2n1CC(=O)NC(CC)CC. The molecule has 21 heavy (non-hydrogen) atoms. The van der Waals surface area contributed by atoms with Crippen molar-refractivity contribution in [3.8, 4) is 0 Å². The molecule has 114 valence electrons. The van der Waals surface area contributed by atoms with E-state index in [1.165, 1.54) is 0 Å². The molecule has 0 spiro atoms. The lowest BCUT2D eigenvalue weighted by Gasteiger charge is -2.16. The van der Waals surface area contributed by atoms with E-state index in [-0.39, 0.29) is 11.9 Å². The van der Waals surface area contributed by atoms with Gasteiger partial charge >= 0.3 is 0 Å². The van der Waals surface area contributed by atoms with Crippen molar-refractivity contribution in [3.05, 3.63) is 30.1 Å². The van der Waals surface area contributed by atoms with Crippen molar-refractivity contribution in [2.24, 2.45) is 0 Å². The van der Waals surface area contributed by atoms with E-state index in [2.05, 4.69) is 35.6 Å². The zero-order valence-corrected chi connectivity index (χ0v) is 13.2. The third-order valence-corrected chi connectivity index (χ3v) is 3.86. The molecule has 0 bridgehead atoms. The molecule has 2 rings (SSSR count). The standard InChI is InChI=1S/C17H25N3O/c1-4-9-16-19-14-10-7-8-11-15(14)20(16)12-17(21)18-13(5-2)6-3/h7-8,10-11,13H,4-6,9,12H2,1-3H3,(H,18,21). The lowest BCUT2D eigenvalue weighted by Crippen LogP contribution is -2.36. The molecular weight excluding hydrogens is 262 g/mol. The first-order valence-electron chi connectivity index (χ1n) is 7.93. The number of aryl methyl sites for hydroxylation is 1. The Bertz CT molecular complexity index is 599. The molecule has 0 aliphatic heterocycles. The molecule has 0 aliphatic carbocycles. The van der Waals surface area contributed by atoms with Crippen molar-refractivity contribution < 1.29 is 4.79 Å². The number of imidazole rings is 1. The highest BCUT2D eigenvalue weighted by molar-refractivity contribution is 5.81. The Morgan fingerprint density at radius 1 is 1.24 bits per heavy atom. The van der Waals surface area contributed by atoms with Crippen molar-refractivity contribution in [3.63, 3.8) is 0 Å². The van der Waals surface area contributed by atoms with Crippen molar-refractivity contribution in [1.29, 1.82) is 0 Å². The van der Waals surface area contributed by atoms with Crippen LogP contribution in [0.25, 0.3) is 11.0 Å². The summed E-state index contributed by atoms with van der Waals surface area (Å²) >= 11 is 0. The van der Waals surface area contributed by atoms with Crippen LogP contribution in [-0.2, 0) is 17.8 Å². The quantitative estimate of drug-likeness (QED) is 0.849. The third-order valence-electron chi connectivity index (χ3n) is 3.86. The van der Waals surface area contributed by atoms with Gasteiger partial charge in [-0.25, -0.2) is 4.98 Å². The smallest absolute Gasteiger partial charge is 0.240 e. The number of carbonyl (C=O) groups excluding carboxylic acids is 1. The van der Waals surface area contributed by atoms with Crippen molar-refractivity contribution in [2.75, 3.05) is 0 Å². The van der Waals surface area contributed by atoms with E-state index in [4.69, 9.17) is 0 Å². The number of rotatable bonds is 7. The molecule has 0 fully saturated rings. The molecule has 1 amide bonds. The summed E-state index contributed by atoms with van der Waals surface area (Å²) in [6.07, 6.45) is 3.86.